The van der Waals surface area contributed by atoms with Gasteiger partial charge < -0.3 is 20.0 Å². The molecular weight excluding hydrogens is 313 g/mol. The van der Waals surface area contributed by atoms with Crippen molar-refractivity contribution in [2.75, 3.05) is 18.0 Å². The Kier molecular flexibility index (Phi) is 4.64. The second kappa shape index (κ2) is 6.86. The molecular formula is C16H20FN5O2. The lowest BCUT2D eigenvalue weighted by Crippen LogP contribution is -2.43. The normalized spacial score (nSPS) is 17.1. The Balaban J connectivity index is 1.48. The van der Waals surface area contributed by atoms with Crippen LogP contribution in [0.2, 0.25) is 0 Å². The van der Waals surface area contributed by atoms with Crippen molar-refractivity contribution in [3.05, 3.63) is 41.5 Å². The molecule has 2 N–H and O–H groups in total. The molecule has 0 spiro atoms. The molecule has 1 atom stereocenters. The van der Waals surface area contributed by atoms with Crippen LogP contribution in [0.4, 0.5) is 15.0 Å². The first-order valence-electron chi connectivity index (χ1n) is 7.85. The zero-order chi connectivity index (χ0) is 17.1. The number of pyridine rings is 1. The highest BCUT2D eigenvalue weighted by Gasteiger charge is 2.26. The van der Waals surface area contributed by atoms with Gasteiger partial charge >= 0.3 is 6.03 Å². The Hall–Kier alpha value is -2.64. The molecule has 1 aliphatic rings. The molecule has 1 aliphatic heterocycles. The van der Waals surface area contributed by atoms with Crippen LogP contribution in [0.5, 0.6) is 0 Å². The molecule has 0 aromatic carbocycles. The van der Waals surface area contributed by atoms with E-state index in [1.807, 2.05) is 18.7 Å². The summed E-state index contributed by atoms with van der Waals surface area (Å²) >= 11 is 0. The smallest absolute Gasteiger partial charge is 0.315 e. The number of nitrogens with zero attached hydrogens (tertiary/aromatic N) is 3. The van der Waals surface area contributed by atoms with Crippen molar-refractivity contribution in [2.24, 2.45) is 0 Å². The van der Waals surface area contributed by atoms with Gasteiger partial charge in [-0.3, -0.25) is 0 Å². The highest BCUT2D eigenvalue weighted by Crippen LogP contribution is 2.20. The number of anilines is 1. The van der Waals surface area contributed by atoms with Crippen LogP contribution in [0.25, 0.3) is 0 Å². The van der Waals surface area contributed by atoms with Crippen molar-refractivity contribution in [1.29, 1.82) is 0 Å². The van der Waals surface area contributed by atoms with E-state index in [0.29, 0.717) is 24.8 Å². The predicted molar refractivity (Wildman–Crippen MR) is 86.2 cm³/mol. The Morgan fingerprint density at radius 3 is 3.04 bits per heavy atom. The van der Waals surface area contributed by atoms with Gasteiger partial charge in [0.2, 0.25) is 5.89 Å². The van der Waals surface area contributed by atoms with Gasteiger partial charge in [0.1, 0.15) is 5.76 Å². The van der Waals surface area contributed by atoms with Crippen LogP contribution >= 0.6 is 0 Å². The first-order chi connectivity index (χ1) is 11.5. The topological polar surface area (TPSA) is 83.3 Å². The Morgan fingerprint density at radius 1 is 1.50 bits per heavy atom. The van der Waals surface area contributed by atoms with Gasteiger partial charge in [0.05, 0.1) is 12.2 Å². The van der Waals surface area contributed by atoms with Crippen molar-refractivity contribution >= 4 is 11.8 Å². The third kappa shape index (κ3) is 3.64. The molecule has 128 valence electrons. The summed E-state index contributed by atoms with van der Waals surface area (Å²) < 4.78 is 19.2. The SMILES string of the molecule is Cc1nc(CNC(=O)NC2CCN(c3ncccc3F)C2)oc1C. The average Bonchev–Trinajstić information content (AvgIpc) is 3.13. The number of oxazole rings is 1. The maximum Gasteiger partial charge on any atom is 0.315 e. The van der Waals surface area contributed by atoms with E-state index in [-0.39, 0.29) is 24.4 Å². The number of hydrogen-bond donors (Lipinski definition) is 2. The summed E-state index contributed by atoms with van der Waals surface area (Å²) in [6.45, 7) is 5.09. The lowest BCUT2D eigenvalue weighted by atomic mass is 10.3. The summed E-state index contributed by atoms with van der Waals surface area (Å²) in [5, 5.41) is 5.60. The highest BCUT2D eigenvalue weighted by molar-refractivity contribution is 5.74. The number of aromatic nitrogens is 2. The Labute approximate surface area is 139 Å². The van der Waals surface area contributed by atoms with Gasteiger partial charge in [0.15, 0.2) is 11.6 Å². The second-order valence-electron chi connectivity index (χ2n) is 5.82. The minimum absolute atomic E-state index is 0.0561. The van der Waals surface area contributed by atoms with E-state index >= 15 is 0 Å². The lowest BCUT2D eigenvalue weighted by molar-refractivity contribution is 0.236. The van der Waals surface area contributed by atoms with Gasteiger partial charge in [-0.25, -0.2) is 19.2 Å². The highest BCUT2D eigenvalue weighted by atomic mass is 19.1. The van der Waals surface area contributed by atoms with Crippen molar-refractivity contribution in [3.8, 4) is 0 Å². The average molecular weight is 333 g/mol. The minimum atomic E-state index is -0.350. The molecule has 24 heavy (non-hydrogen) atoms. The molecule has 2 amide bonds. The Bertz CT molecular complexity index is 714. The van der Waals surface area contributed by atoms with E-state index in [1.54, 1.807) is 12.3 Å². The molecule has 2 aromatic rings. The molecule has 0 aliphatic carbocycles. The van der Waals surface area contributed by atoms with Gasteiger partial charge in [-0.05, 0) is 32.4 Å². The second-order valence-corrected chi connectivity index (χ2v) is 5.82. The number of rotatable bonds is 4. The van der Waals surface area contributed by atoms with E-state index in [4.69, 9.17) is 4.42 Å². The predicted octanol–water partition coefficient (Wildman–Crippen LogP) is 1.90. The molecule has 3 rings (SSSR count). The van der Waals surface area contributed by atoms with Crippen LogP contribution in [0, 0.1) is 19.7 Å². The van der Waals surface area contributed by atoms with Crippen molar-refractivity contribution < 1.29 is 13.6 Å². The third-order valence-corrected chi connectivity index (χ3v) is 4.04. The fraction of sp³-hybridized carbons (Fsp3) is 0.438. The lowest BCUT2D eigenvalue weighted by Gasteiger charge is -2.18. The summed E-state index contributed by atoms with van der Waals surface area (Å²) in [6, 6.07) is 2.59. The number of nitrogens with one attached hydrogen (secondary N) is 2. The summed E-state index contributed by atoms with van der Waals surface area (Å²) in [5.74, 6) is 1.20. The van der Waals surface area contributed by atoms with Crippen LogP contribution < -0.4 is 15.5 Å². The molecule has 1 saturated heterocycles. The number of aryl methyl sites for hydroxylation is 2. The monoisotopic (exact) mass is 333 g/mol. The largest absolute Gasteiger partial charge is 0.444 e. The van der Waals surface area contributed by atoms with Crippen LogP contribution in [0.15, 0.2) is 22.7 Å². The number of urea groups is 1. The number of halogens is 1. The number of hydrogen-bond acceptors (Lipinski definition) is 5. The standard InChI is InChI=1S/C16H20FN5O2/c1-10-11(2)24-14(20-10)8-19-16(23)21-12-5-7-22(9-12)15-13(17)4-3-6-18-15/h3-4,6,12H,5,7-9H2,1-2H3,(H2,19,21,23). The summed E-state index contributed by atoms with van der Waals surface area (Å²) in [5.41, 5.74) is 0.816. The van der Waals surface area contributed by atoms with E-state index in [2.05, 4.69) is 20.6 Å². The van der Waals surface area contributed by atoms with Gasteiger partial charge in [-0.15, -0.1) is 0 Å². The molecule has 8 heteroatoms. The zero-order valence-electron chi connectivity index (χ0n) is 13.7. The van der Waals surface area contributed by atoms with Gasteiger partial charge in [0, 0.05) is 25.3 Å². The summed E-state index contributed by atoms with van der Waals surface area (Å²) in [6.07, 6.45) is 2.30. The molecule has 2 aromatic heterocycles. The number of carbonyl (C=O) groups excluding carboxylic acids is 1. The van der Waals surface area contributed by atoms with E-state index < -0.39 is 0 Å². The number of amides is 2. The van der Waals surface area contributed by atoms with Crippen LogP contribution in [-0.2, 0) is 6.54 Å². The van der Waals surface area contributed by atoms with Crippen LogP contribution in [0.3, 0.4) is 0 Å². The molecule has 0 bridgehead atoms. The van der Waals surface area contributed by atoms with Gasteiger partial charge in [0.25, 0.3) is 0 Å². The van der Waals surface area contributed by atoms with Crippen LogP contribution in [-0.4, -0.2) is 35.1 Å². The van der Waals surface area contributed by atoms with Gasteiger partial charge in [-0.2, -0.15) is 0 Å². The molecule has 0 saturated carbocycles. The van der Waals surface area contributed by atoms with E-state index in [0.717, 1.165) is 17.9 Å². The van der Waals surface area contributed by atoms with Crippen molar-refractivity contribution in [1.82, 2.24) is 20.6 Å². The molecule has 0 radical (unpaired) electrons. The van der Waals surface area contributed by atoms with E-state index in [1.165, 1.54) is 6.07 Å². The third-order valence-electron chi connectivity index (χ3n) is 4.04. The van der Waals surface area contributed by atoms with E-state index in [9.17, 15) is 9.18 Å². The summed E-state index contributed by atoms with van der Waals surface area (Å²) in [7, 11) is 0. The van der Waals surface area contributed by atoms with Gasteiger partial charge in [-0.1, -0.05) is 0 Å². The maximum absolute atomic E-state index is 13.8. The first kappa shape index (κ1) is 16.2. The van der Waals surface area contributed by atoms with Crippen molar-refractivity contribution in [3.63, 3.8) is 0 Å². The fourth-order valence-corrected chi connectivity index (χ4v) is 2.69. The molecule has 1 fully saturated rings. The summed E-state index contributed by atoms with van der Waals surface area (Å²) in [4.78, 5) is 22.1. The Morgan fingerprint density at radius 2 is 2.33 bits per heavy atom. The number of carbonyl (C=O) groups is 1. The van der Waals surface area contributed by atoms with Crippen LogP contribution in [0.1, 0.15) is 23.8 Å². The molecule has 7 nitrogen and oxygen atoms in total. The quantitative estimate of drug-likeness (QED) is 0.893. The fourth-order valence-electron chi connectivity index (χ4n) is 2.69. The molecule has 1 unspecified atom stereocenters. The van der Waals surface area contributed by atoms with Crippen molar-refractivity contribution in [2.45, 2.75) is 32.9 Å². The first-order valence-corrected chi connectivity index (χ1v) is 7.85. The minimum Gasteiger partial charge on any atom is -0.444 e. The zero-order valence-corrected chi connectivity index (χ0v) is 13.7. The maximum atomic E-state index is 13.8. The molecule has 3 heterocycles.